The number of oxime groups is 1. The van der Waals surface area contributed by atoms with Crippen LogP contribution in [0.4, 0.5) is 0 Å². The molecule has 0 spiro atoms. The van der Waals surface area contributed by atoms with Crippen LogP contribution in [0, 0.1) is 6.92 Å². The summed E-state index contributed by atoms with van der Waals surface area (Å²) in [5.41, 5.74) is 7.18. The number of aryl methyl sites for hydroxylation is 1. The van der Waals surface area contributed by atoms with Crippen molar-refractivity contribution in [1.29, 1.82) is 0 Å². The lowest BCUT2D eigenvalue weighted by Gasteiger charge is -2.12. The predicted octanol–water partition coefficient (Wildman–Crippen LogP) is 1.34. The minimum absolute atomic E-state index is 0.0752. The lowest BCUT2D eigenvalue weighted by molar-refractivity contribution is 0.318. The van der Waals surface area contributed by atoms with Crippen molar-refractivity contribution in [2.45, 2.75) is 13.5 Å². The average molecular weight is 260 g/mol. The molecule has 6 nitrogen and oxygen atoms in total. The highest BCUT2D eigenvalue weighted by Gasteiger charge is 2.09. The fraction of sp³-hybridized carbons (Fsp3) is 0.231. The zero-order chi connectivity index (χ0) is 13.8. The van der Waals surface area contributed by atoms with Crippen molar-refractivity contribution < 1.29 is 9.94 Å². The molecule has 19 heavy (non-hydrogen) atoms. The SMILES string of the molecule is COc1ccc(/C(N)=N/O)cc1Cn1ccnc1C. The Morgan fingerprint density at radius 2 is 2.32 bits per heavy atom. The van der Waals surface area contributed by atoms with Crippen molar-refractivity contribution in [1.82, 2.24) is 9.55 Å². The summed E-state index contributed by atoms with van der Waals surface area (Å²) in [6.45, 7) is 2.54. The van der Waals surface area contributed by atoms with Gasteiger partial charge in [0.1, 0.15) is 11.6 Å². The fourth-order valence-electron chi connectivity index (χ4n) is 1.87. The first-order chi connectivity index (χ1) is 9.15. The number of amidine groups is 1. The molecule has 0 unspecified atom stereocenters. The van der Waals surface area contributed by atoms with Gasteiger partial charge in [-0.05, 0) is 25.1 Å². The Labute approximate surface area is 111 Å². The number of imidazole rings is 1. The van der Waals surface area contributed by atoms with Crippen molar-refractivity contribution in [3.05, 3.63) is 47.5 Å². The van der Waals surface area contributed by atoms with Gasteiger partial charge in [0.25, 0.3) is 0 Å². The van der Waals surface area contributed by atoms with Crippen LogP contribution in [0.15, 0.2) is 35.7 Å². The number of hydrogen-bond acceptors (Lipinski definition) is 4. The Balaban J connectivity index is 2.39. The second kappa shape index (κ2) is 5.43. The molecule has 1 aromatic carbocycles. The van der Waals surface area contributed by atoms with Gasteiger partial charge in [-0.15, -0.1) is 0 Å². The molecule has 2 aromatic rings. The number of nitrogens with zero attached hydrogens (tertiary/aromatic N) is 3. The van der Waals surface area contributed by atoms with E-state index in [1.807, 2.05) is 23.8 Å². The highest BCUT2D eigenvalue weighted by Crippen LogP contribution is 2.21. The Morgan fingerprint density at radius 1 is 1.53 bits per heavy atom. The van der Waals surface area contributed by atoms with E-state index in [4.69, 9.17) is 15.7 Å². The second-order valence-electron chi connectivity index (χ2n) is 4.11. The van der Waals surface area contributed by atoms with Gasteiger partial charge >= 0.3 is 0 Å². The molecule has 1 aromatic heterocycles. The largest absolute Gasteiger partial charge is 0.496 e. The minimum Gasteiger partial charge on any atom is -0.496 e. The maximum atomic E-state index is 8.72. The van der Waals surface area contributed by atoms with Gasteiger partial charge in [-0.1, -0.05) is 5.16 Å². The van der Waals surface area contributed by atoms with Crippen LogP contribution in [-0.4, -0.2) is 27.7 Å². The Morgan fingerprint density at radius 3 is 2.89 bits per heavy atom. The molecule has 3 N–H and O–H groups in total. The molecule has 0 saturated heterocycles. The van der Waals surface area contributed by atoms with Crippen LogP contribution in [0.3, 0.4) is 0 Å². The molecule has 6 heteroatoms. The molecule has 0 amide bonds. The van der Waals surface area contributed by atoms with Crippen molar-refractivity contribution in [3.8, 4) is 5.75 Å². The summed E-state index contributed by atoms with van der Waals surface area (Å²) in [5, 5.41) is 11.7. The van der Waals surface area contributed by atoms with Gasteiger partial charge in [0.2, 0.25) is 0 Å². The van der Waals surface area contributed by atoms with Crippen molar-refractivity contribution in [2.75, 3.05) is 7.11 Å². The van der Waals surface area contributed by atoms with E-state index in [2.05, 4.69) is 10.1 Å². The molecule has 0 aliphatic heterocycles. The summed E-state index contributed by atoms with van der Waals surface area (Å²) in [5.74, 6) is 1.74. The number of rotatable bonds is 4. The molecular weight excluding hydrogens is 244 g/mol. The highest BCUT2D eigenvalue weighted by molar-refractivity contribution is 5.97. The minimum atomic E-state index is 0.0752. The van der Waals surface area contributed by atoms with E-state index < -0.39 is 0 Å². The second-order valence-corrected chi connectivity index (χ2v) is 4.11. The standard InChI is InChI=1S/C13H16N4O2/c1-9-15-5-6-17(9)8-11-7-10(13(14)16-18)3-4-12(11)19-2/h3-7,18H,8H2,1-2H3,(H2,14,16). The maximum Gasteiger partial charge on any atom is 0.170 e. The maximum absolute atomic E-state index is 8.72. The number of nitrogens with two attached hydrogens (primary N) is 1. The van der Waals surface area contributed by atoms with Crippen LogP contribution in [0.5, 0.6) is 5.75 Å². The van der Waals surface area contributed by atoms with Gasteiger partial charge in [-0.25, -0.2) is 4.98 Å². The Bertz CT molecular complexity index is 604. The summed E-state index contributed by atoms with van der Waals surface area (Å²) in [7, 11) is 1.61. The van der Waals surface area contributed by atoms with Crippen LogP contribution < -0.4 is 10.5 Å². The van der Waals surface area contributed by atoms with Gasteiger partial charge in [0.05, 0.1) is 13.7 Å². The molecule has 0 aliphatic carbocycles. The number of aromatic nitrogens is 2. The van der Waals surface area contributed by atoms with Crippen molar-refractivity contribution in [3.63, 3.8) is 0 Å². The lowest BCUT2D eigenvalue weighted by atomic mass is 10.1. The number of benzene rings is 1. The van der Waals surface area contributed by atoms with Gasteiger partial charge in [0.15, 0.2) is 5.84 Å². The van der Waals surface area contributed by atoms with Gasteiger partial charge in [-0.3, -0.25) is 0 Å². The molecular formula is C13H16N4O2. The van der Waals surface area contributed by atoms with Crippen LogP contribution in [0.2, 0.25) is 0 Å². The van der Waals surface area contributed by atoms with Crippen molar-refractivity contribution in [2.24, 2.45) is 10.9 Å². The molecule has 0 fully saturated rings. The summed E-state index contributed by atoms with van der Waals surface area (Å²) < 4.78 is 7.32. The van der Waals surface area contributed by atoms with Crippen LogP contribution in [-0.2, 0) is 6.54 Å². The van der Waals surface area contributed by atoms with Crippen molar-refractivity contribution >= 4 is 5.84 Å². The zero-order valence-corrected chi connectivity index (χ0v) is 10.9. The van der Waals surface area contributed by atoms with Crippen LogP contribution in [0.25, 0.3) is 0 Å². The summed E-state index contributed by atoms with van der Waals surface area (Å²) in [6.07, 6.45) is 3.64. The first-order valence-electron chi connectivity index (χ1n) is 5.78. The third-order valence-electron chi connectivity index (χ3n) is 2.95. The molecule has 0 atom stereocenters. The smallest absolute Gasteiger partial charge is 0.170 e. The van der Waals surface area contributed by atoms with E-state index in [0.717, 1.165) is 17.1 Å². The molecule has 1 heterocycles. The predicted molar refractivity (Wildman–Crippen MR) is 71.6 cm³/mol. The molecule has 0 bridgehead atoms. The molecule has 2 rings (SSSR count). The van der Waals surface area contributed by atoms with E-state index in [-0.39, 0.29) is 5.84 Å². The Hall–Kier alpha value is -2.50. The van der Waals surface area contributed by atoms with Gasteiger partial charge < -0.3 is 20.2 Å². The third kappa shape index (κ3) is 2.67. The van der Waals surface area contributed by atoms with Gasteiger partial charge in [0, 0.05) is 23.5 Å². The number of hydrogen-bond donors (Lipinski definition) is 2. The average Bonchev–Trinajstić information content (AvgIpc) is 2.83. The normalized spacial score (nSPS) is 11.6. The van der Waals surface area contributed by atoms with Gasteiger partial charge in [-0.2, -0.15) is 0 Å². The quantitative estimate of drug-likeness (QED) is 0.376. The fourth-order valence-corrected chi connectivity index (χ4v) is 1.87. The molecule has 100 valence electrons. The third-order valence-corrected chi connectivity index (χ3v) is 2.95. The van der Waals surface area contributed by atoms with Crippen LogP contribution in [0.1, 0.15) is 17.0 Å². The van der Waals surface area contributed by atoms with Crippen LogP contribution >= 0.6 is 0 Å². The molecule has 0 aliphatic rings. The summed E-state index contributed by atoms with van der Waals surface area (Å²) in [6, 6.07) is 5.39. The zero-order valence-electron chi connectivity index (χ0n) is 10.9. The topological polar surface area (TPSA) is 85.7 Å². The first-order valence-corrected chi connectivity index (χ1v) is 5.78. The van der Waals surface area contributed by atoms with E-state index in [1.165, 1.54) is 0 Å². The number of methoxy groups -OCH3 is 1. The van der Waals surface area contributed by atoms with E-state index in [0.29, 0.717) is 12.1 Å². The first kappa shape index (κ1) is 12.9. The lowest BCUT2D eigenvalue weighted by Crippen LogP contribution is -2.14. The summed E-state index contributed by atoms with van der Waals surface area (Å²) in [4.78, 5) is 4.18. The number of ether oxygens (including phenoxy) is 1. The molecule has 0 radical (unpaired) electrons. The summed E-state index contributed by atoms with van der Waals surface area (Å²) >= 11 is 0. The molecule has 0 saturated carbocycles. The van der Waals surface area contributed by atoms with E-state index >= 15 is 0 Å². The van der Waals surface area contributed by atoms with E-state index in [9.17, 15) is 0 Å². The monoisotopic (exact) mass is 260 g/mol. The highest BCUT2D eigenvalue weighted by atomic mass is 16.5. The van der Waals surface area contributed by atoms with E-state index in [1.54, 1.807) is 25.4 Å². The Kier molecular flexibility index (Phi) is 3.70.